The molecule has 1 saturated carbocycles. The van der Waals surface area contributed by atoms with E-state index >= 15 is 0 Å². The van der Waals surface area contributed by atoms with Crippen molar-refractivity contribution in [3.8, 4) is 0 Å². The van der Waals surface area contributed by atoms with Crippen LogP contribution < -0.4 is 5.32 Å². The predicted molar refractivity (Wildman–Crippen MR) is 67.6 cm³/mol. The zero-order valence-corrected chi connectivity index (χ0v) is 11.1. The van der Waals surface area contributed by atoms with Crippen molar-refractivity contribution in [1.29, 1.82) is 0 Å². The second kappa shape index (κ2) is 5.05. The van der Waals surface area contributed by atoms with Crippen molar-refractivity contribution >= 4 is 0 Å². The van der Waals surface area contributed by atoms with Crippen LogP contribution in [0, 0.1) is 11.8 Å². The highest BCUT2D eigenvalue weighted by Crippen LogP contribution is 2.45. The molecule has 0 aromatic rings. The lowest BCUT2D eigenvalue weighted by Gasteiger charge is -2.49. The molecular formula is C14H27NO. The third kappa shape index (κ3) is 2.60. The fraction of sp³-hybridized carbons (Fsp3) is 1.00. The summed E-state index contributed by atoms with van der Waals surface area (Å²) in [6, 6.07) is 0.696. The van der Waals surface area contributed by atoms with Crippen molar-refractivity contribution in [2.45, 2.75) is 64.0 Å². The van der Waals surface area contributed by atoms with E-state index < -0.39 is 0 Å². The Bertz CT molecular complexity index is 223. The van der Waals surface area contributed by atoms with Gasteiger partial charge in [-0.25, -0.2) is 0 Å². The number of ether oxygens (including phenoxy) is 1. The monoisotopic (exact) mass is 225 g/mol. The summed E-state index contributed by atoms with van der Waals surface area (Å²) >= 11 is 0. The van der Waals surface area contributed by atoms with Gasteiger partial charge in [0.1, 0.15) is 0 Å². The van der Waals surface area contributed by atoms with Gasteiger partial charge in [0.25, 0.3) is 0 Å². The Labute approximate surface area is 100 Å². The molecule has 2 heteroatoms. The maximum atomic E-state index is 6.00. The highest BCUT2D eigenvalue weighted by atomic mass is 16.5. The molecule has 0 aromatic heterocycles. The summed E-state index contributed by atoms with van der Waals surface area (Å²) in [5.41, 5.74) is 0.301. The second-order valence-electron chi connectivity index (χ2n) is 6.16. The molecule has 94 valence electrons. The van der Waals surface area contributed by atoms with E-state index in [4.69, 9.17) is 4.74 Å². The van der Waals surface area contributed by atoms with Crippen LogP contribution in [-0.4, -0.2) is 25.3 Å². The van der Waals surface area contributed by atoms with Crippen LogP contribution in [0.4, 0.5) is 0 Å². The van der Waals surface area contributed by atoms with Crippen LogP contribution in [0.15, 0.2) is 0 Å². The molecule has 1 aliphatic heterocycles. The van der Waals surface area contributed by atoms with Gasteiger partial charge >= 0.3 is 0 Å². The Morgan fingerprint density at radius 2 is 2.12 bits per heavy atom. The Kier molecular flexibility index (Phi) is 3.91. The summed E-state index contributed by atoms with van der Waals surface area (Å²) in [5, 5.41) is 3.53. The minimum absolute atomic E-state index is 0.301. The van der Waals surface area contributed by atoms with Crippen LogP contribution in [0.3, 0.4) is 0 Å². The molecule has 2 nitrogen and oxygen atoms in total. The topological polar surface area (TPSA) is 21.3 Å². The van der Waals surface area contributed by atoms with E-state index in [9.17, 15) is 0 Å². The minimum atomic E-state index is 0.301. The average molecular weight is 225 g/mol. The van der Waals surface area contributed by atoms with E-state index in [2.05, 4.69) is 26.2 Å². The van der Waals surface area contributed by atoms with Gasteiger partial charge in [0.2, 0.25) is 0 Å². The van der Waals surface area contributed by atoms with Gasteiger partial charge in [0.15, 0.2) is 0 Å². The lowest BCUT2D eigenvalue weighted by molar-refractivity contribution is -0.147. The van der Waals surface area contributed by atoms with Gasteiger partial charge in [-0.05, 0) is 57.4 Å². The lowest BCUT2D eigenvalue weighted by atomic mass is 9.69. The zero-order valence-electron chi connectivity index (χ0n) is 11.1. The first-order chi connectivity index (χ1) is 7.65. The first-order valence-corrected chi connectivity index (χ1v) is 6.96. The van der Waals surface area contributed by atoms with Crippen LogP contribution in [-0.2, 0) is 4.74 Å². The largest absolute Gasteiger partial charge is 0.375 e. The molecule has 1 heterocycles. The molecule has 16 heavy (non-hydrogen) atoms. The summed E-state index contributed by atoms with van der Waals surface area (Å²) < 4.78 is 6.00. The molecular weight excluding hydrogens is 198 g/mol. The van der Waals surface area contributed by atoms with Crippen LogP contribution >= 0.6 is 0 Å². The molecule has 2 rings (SSSR count). The second-order valence-corrected chi connectivity index (χ2v) is 6.16. The van der Waals surface area contributed by atoms with E-state index in [0.29, 0.717) is 11.6 Å². The van der Waals surface area contributed by atoms with E-state index in [1.54, 1.807) is 0 Å². The first kappa shape index (κ1) is 12.4. The summed E-state index contributed by atoms with van der Waals surface area (Å²) in [4.78, 5) is 0. The summed E-state index contributed by atoms with van der Waals surface area (Å²) in [6.07, 6.45) is 7.84. The fourth-order valence-corrected chi connectivity index (χ4v) is 3.38. The molecule has 1 saturated heterocycles. The molecule has 0 radical (unpaired) electrons. The highest BCUT2D eigenvalue weighted by Gasteiger charge is 2.43. The van der Waals surface area contributed by atoms with E-state index in [0.717, 1.165) is 18.4 Å². The highest BCUT2D eigenvalue weighted by molar-refractivity contribution is 4.96. The van der Waals surface area contributed by atoms with Crippen LogP contribution in [0.1, 0.15) is 52.4 Å². The smallest absolute Gasteiger partial charge is 0.0685 e. The molecule has 2 unspecified atom stereocenters. The normalized spacial score (nSPS) is 30.4. The van der Waals surface area contributed by atoms with Crippen LogP contribution in [0.25, 0.3) is 0 Å². The van der Waals surface area contributed by atoms with Gasteiger partial charge in [0.05, 0.1) is 5.60 Å². The predicted octanol–water partition coefficient (Wildman–Crippen LogP) is 2.97. The van der Waals surface area contributed by atoms with Gasteiger partial charge in [-0.2, -0.15) is 0 Å². The van der Waals surface area contributed by atoms with Crippen molar-refractivity contribution in [3.05, 3.63) is 0 Å². The third-order valence-corrected chi connectivity index (χ3v) is 4.46. The van der Waals surface area contributed by atoms with E-state index in [-0.39, 0.29) is 0 Å². The lowest BCUT2D eigenvalue weighted by Crippen LogP contribution is -2.50. The van der Waals surface area contributed by atoms with Gasteiger partial charge in [0, 0.05) is 12.6 Å². The number of rotatable bonds is 4. The Hall–Kier alpha value is -0.0800. The van der Waals surface area contributed by atoms with Crippen LogP contribution in [0.2, 0.25) is 0 Å². The van der Waals surface area contributed by atoms with Crippen LogP contribution in [0.5, 0.6) is 0 Å². The molecule has 1 aliphatic carbocycles. The van der Waals surface area contributed by atoms with E-state index in [1.807, 2.05) is 0 Å². The third-order valence-electron chi connectivity index (χ3n) is 4.46. The SMILES string of the molecule is CNC(CC(C)C)C1CCOC2(CCC2)C1. The Morgan fingerprint density at radius 3 is 2.62 bits per heavy atom. The van der Waals surface area contributed by atoms with Crippen molar-refractivity contribution < 1.29 is 4.74 Å². The number of nitrogens with one attached hydrogen (secondary N) is 1. The summed E-state index contributed by atoms with van der Waals surface area (Å²) in [6.45, 7) is 5.63. The van der Waals surface area contributed by atoms with Gasteiger partial charge in [-0.1, -0.05) is 13.8 Å². The maximum absolute atomic E-state index is 6.00. The molecule has 0 amide bonds. The molecule has 2 atom stereocenters. The molecule has 2 aliphatic rings. The van der Waals surface area contributed by atoms with Crippen molar-refractivity contribution in [2.75, 3.05) is 13.7 Å². The van der Waals surface area contributed by atoms with E-state index in [1.165, 1.54) is 38.5 Å². The van der Waals surface area contributed by atoms with Crippen molar-refractivity contribution in [2.24, 2.45) is 11.8 Å². The fourth-order valence-electron chi connectivity index (χ4n) is 3.38. The quantitative estimate of drug-likeness (QED) is 0.794. The maximum Gasteiger partial charge on any atom is 0.0685 e. The molecule has 1 spiro atoms. The van der Waals surface area contributed by atoms with Gasteiger partial charge in [-0.15, -0.1) is 0 Å². The Morgan fingerprint density at radius 1 is 1.38 bits per heavy atom. The molecule has 1 N–H and O–H groups in total. The van der Waals surface area contributed by atoms with Gasteiger partial charge in [-0.3, -0.25) is 0 Å². The Balaban J connectivity index is 1.91. The minimum Gasteiger partial charge on any atom is -0.375 e. The molecule has 2 fully saturated rings. The average Bonchev–Trinajstić information content (AvgIpc) is 2.23. The zero-order chi connectivity index (χ0) is 11.6. The molecule has 0 aromatic carbocycles. The van der Waals surface area contributed by atoms with Gasteiger partial charge < -0.3 is 10.1 Å². The van der Waals surface area contributed by atoms with Crippen molar-refractivity contribution in [1.82, 2.24) is 5.32 Å². The summed E-state index contributed by atoms with van der Waals surface area (Å²) in [5.74, 6) is 1.62. The number of hydrogen-bond acceptors (Lipinski definition) is 2. The van der Waals surface area contributed by atoms with Crippen molar-refractivity contribution in [3.63, 3.8) is 0 Å². The number of hydrogen-bond donors (Lipinski definition) is 1. The standard InChI is InChI=1S/C14H27NO/c1-11(2)9-13(15-3)12-5-8-16-14(10-12)6-4-7-14/h11-13,15H,4-10H2,1-3H3. The summed E-state index contributed by atoms with van der Waals surface area (Å²) in [7, 11) is 2.12. The molecule has 0 bridgehead atoms. The first-order valence-electron chi connectivity index (χ1n) is 6.96.